The number of hydrogen-bond acceptors (Lipinski definition) is 4. The molecule has 1 N–H and O–H groups in total. The van der Waals surface area contributed by atoms with Gasteiger partial charge in [0.1, 0.15) is 10.9 Å². The number of hydrogen-bond donors (Lipinski definition) is 1. The van der Waals surface area contributed by atoms with Gasteiger partial charge in [0, 0.05) is 5.02 Å². The van der Waals surface area contributed by atoms with Crippen LogP contribution < -0.4 is 10.1 Å². The van der Waals surface area contributed by atoms with E-state index in [4.69, 9.17) is 27.9 Å². The molecule has 0 aliphatic heterocycles. The third-order valence-corrected chi connectivity index (χ3v) is 2.49. The molecule has 0 saturated heterocycles. The lowest BCUT2D eigenvalue weighted by Gasteiger charge is -2.06. The van der Waals surface area contributed by atoms with E-state index in [1.807, 2.05) is 0 Å². The molecule has 1 amide bonds. The summed E-state index contributed by atoms with van der Waals surface area (Å²) in [6.07, 6.45) is 2.77. The lowest BCUT2D eigenvalue weighted by molar-refractivity contribution is -0.118. The van der Waals surface area contributed by atoms with Crippen LogP contribution in [-0.2, 0) is 4.79 Å². The normalized spacial score (nSPS) is 10.0. The maximum Gasteiger partial charge on any atom is 0.263 e. The number of halogens is 2. The molecule has 0 bridgehead atoms. The fourth-order valence-electron chi connectivity index (χ4n) is 1.26. The molecule has 0 fully saturated rings. The van der Waals surface area contributed by atoms with Crippen LogP contribution in [0.15, 0.2) is 36.7 Å². The number of carbonyl (C=O) groups is 1. The Kier molecular flexibility index (Phi) is 4.54. The molecule has 0 atom stereocenters. The molecule has 2 rings (SSSR count). The van der Waals surface area contributed by atoms with Gasteiger partial charge in [0.25, 0.3) is 5.91 Å². The van der Waals surface area contributed by atoms with Crippen LogP contribution in [0.4, 0.5) is 5.82 Å². The van der Waals surface area contributed by atoms with Gasteiger partial charge < -0.3 is 10.1 Å². The zero-order valence-corrected chi connectivity index (χ0v) is 11.1. The Morgan fingerprint density at radius 3 is 2.63 bits per heavy atom. The molecule has 0 aliphatic rings. The van der Waals surface area contributed by atoms with E-state index in [0.29, 0.717) is 10.8 Å². The fraction of sp³-hybridized carbons (Fsp3) is 0.0833. The standard InChI is InChI=1S/C12H9Cl2N3O2/c13-8-1-3-9(4-2-8)19-7-12(18)17-11-6-15-5-10(14)16-11/h1-6H,7H2,(H,16,17,18). The van der Waals surface area contributed by atoms with Crippen molar-refractivity contribution in [2.75, 3.05) is 11.9 Å². The number of nitrogens with one attached hydrogen (secondary N) is 1. The Morgan fingerprint density at radius 2 is 1.95 bits per heavy atom. The molecule has 0 radical (unpaired) electrons. The molecule has 0 spiro atoms. The maximum absolute atomic E-state index is 11.6. The summed E-state index contributed by atoms with van der Waals surface area (Å²) in [5.74, 6) is 0.473. The first-order valence-corrected chi connectivity index (χ1v) is 6.05. The summed E-state index contributed by atoms with van der Waals surface area (Å²) in [6, 6.07) is 6.71. The van der Waals surface area contributed by atoms with Crippen molar-refractivity contribution in [2.24, 2.45) is 0 Å². The van der Waals surface area contributed by atoms with Crippen LogP contribution >= 0.6 is 23.2 Å². The van der Waals surface area contributed by atoms with Crippen LogP contribution in [0.5, 0.6) is 5.75 Å². The minimum atomic E-state index is -0.355. The number of amides is 1. The highest BCUT2D eigenvalue weighted by Crippen LogP contribution is 2.15. The lowest BCUT2D eigenvalue weighted by Crippen LogP contribution is -2.20. The summed E-state index contributed by atoms with van der Waals surface area (Å²) in [4.78, 5) is 19.3. The van der Waals surface area contributed by atoms with E-state index in [1.165, 1.54) is 12.4 Å². The van der Waals surface area contributed by atoms with E-state index in [1.54, 1.807) is 24.3 Å². The molecular formula is C12H9Cl2N3O2. The number of ether oxygens (including phenoxy) is 1. The van der Waals surface area contributed by atoms with Gasteiger partial charge in [-0.25, -0.2) is 4.98 Å². The van der Waals surface area contributed by atoms with Crippen LogP contribution in [0.1, 0.15) is 0 Å². The van der Waals surface area contributed by atoms with Crippen molar-refractivity contribution in [3.63, 3.8) is 0 Å². The van der Waals surface area contributed by atoms with E-state index in [9.17, 15) is 4.79 Å². The number of aromatic nitrogens is 2. The lowest BCUT2D eigenvalue weighted by atomic mass is 10.3. The topological polar surface area (TPSA) is 64.1 Å². The molecule has 19 heavy (non-hydrogen) atoms. The third kappa shape index (κ3) is 4.39. The largest absolute Gasteiger partial charge is 0.484 e. The molecule has 1 aromatic carbocycles. The highest BCUT2D eigenvalue weighted by atomic mass is 35.5. The monoisotopic (exact) mass is 297 g/mol. The minimum Gasteiger partial charge on any atom is -0.484 e. The first kappa shape index (κ1) is 13.6. The molecule has 0 saturated carbocycles. The maximum atomic E-state index is 11.6. The van der Waals surface area contributed by atoms with E-state index >= 15 is 0 Å². The van der Waals surface area contributed by atoms with Crippen LogP contribution in [0.2, 0.25) is 10.2 Å². The zero-order valence-electron chi connectivity index (χ0n) is 9.64. The van der Waals surface area contributed by atoms with Gasteiger partial charge in [0.15, 0.2) is 12.4 Å². The highest BCUT2D eigenvalue weighted by molar-refractivity contribution is 6.30. The first-order valence-electron chi connectivity index (χ1n) is 5.29. The number of benzene rings is 1. The molecule has 98 valence electrons. The van der Waals surface area contributed by atoms with Gasteiger partial charge in [-0.3, -0.25) is 9.78 Å². The summed E-state index contributed by atoms with van der Waals surface area (Å²) in [5, 5.41) is 3.32. The van der Waals surface area contributed by atoms with Crippen molar-refractivity contribution >= 4 is 34.9 Å². The number of carbonyl (C=O) groups excluding carboxylic acids is 1. The number of rotatable bonds is 4. The van der Waals surface area contributed by atoms with Gasteiger partial charge in [0.05, 0.1) is 12.4 Å². The van der Waals surface area contributed by atoms with Gasteiger partial charge >= 0.3 is 0 Å². The van der Waals surface area contributed by atoms with Gasteiger partial charge in [-0.1, -0.05) is 23.2 Å². The average molecular weight is 298 g/mol. The van der Waals surface area contributed by atoms with Crippen molar-refractivity contribution in [3.05, 3.63) is 46.8 Å². The molecule has 0 aliphatic carbocycles. The van der Waals surface area contributed by atoms with Crippen LogP contribution in [0, 0.1) is 0 Å². The fourth-order valence-corrected chi connectivity index (χ4v) is 1.53. The van der Waals surface area contributed by atoms with Crippen molar-refractivity contribution in [2.45, 2.75) is 0 Å². The third-order valence-electron chi connectivity index (χ3n) is 2.06. The molecule has 1 aromatic heterocycles. The van der Waals surface area contributed by atoms with Crippen molar-refractivity contribution in [1.82, 2.24) is 9.97 Å². The highest BCUT2D eigenvalue weighted by Gasteiger charge is 2.05. The van der Waals surface area contributed by atoms with Crippen molar-refractivity contribution < 1.29 is 9.53 Å². The summed E-state index contributed by atoms with van der Waals surface area (Å²) in [6.45, 7) is -0.143. The van der Waals surface area contributed by atoms with E-state index in [2.05, 4.69) is 15.3 Å². The zero-order chi connectivity index (χ0) is 13.7. The summed E-state index contributed by atoms with van der Waals surface area (Å²) in [5.41, 5.74) is 0. The van der Waals surface area contributed by atoms with Crippen molar-refractivity contribution in [1.29, 1.82) is 0 Å². The molecule has 1 heterocycles. The van der Waals surface area contributed by atoms with Crippen molar-refractivity contribution in [3.8, 4) is 5.75 Å². The molecule has 0 unspecified atom stereocenters. The minimum absolute atomic E-state index is 0.143. The summed E-state index contributed by atoms with van der Waals surface area (Å²) >= 11 is 11.4. The van der Waals surface area contributed by atoms with Crippen LogP contribution in [-0.4, -0.2) is 22.5 Å². The molecule has 2 aromatic rings. The second kappa shape index (κ2) is 6.36. The molecule has 7 heteroatoms. The quantitative estimate of drug-likeness (QED) is 0.942. The van der Waals surface area contributed by atoms with Gasteiger partial charge in [-0.05, 0) is 24.3 Å². The van der Waals surface area contributed by atoms with Crippen LogP contribution in [0.25, 0.3) is 0 Å². The SMILES string of the molecule is O=C(COc1ccc(Cl)cc1)Nc1cncc(Cl)n1. The first-order chi connectivity index (χ1) is 9.13. The van der Waals surface area contributed by atoms with E-state index in [-0.39, 0.29) is 23.5 Å². The van der Waals surface area contributed by atoms with Gasteiger partial charge in [0.2, 0.25) is 0 Å². The Balaban J connectivity index is 1.86. The predicted octanol–water partition coefficient (Wildman–Crippen LogP) is 2.80. The summed E-state index contributed by atoms with van der Waals surface area (Å²) < 4.78 is 5.27. The second-order valence-corrected chi connectivity index (χ2v) is 4.34. The van der Waals surface area contributed by atoms with E-state index < -0.39 is 0 Å². The number of anilines is 1. The molecular weight excluding hydrogens is 289 g/mol. The second-order valence-electron chi connectivity index (χ2n) is 3.52. The van der Waals surface area contributed by atoms with Gasteiger partial charge in [-0.15, -0.1) is 0 Å². The summed E-state index contributed by atoms with van der Waals surface area (Å²) in [7, 11) is 0. The van der Waals surface area contributed by atoms with E-state index in [0.717, 1.165) is 0 Å². The number of nitrogens with zero attached hydrogens (tertiary/aromatic N) is 2. The Bertz CT molecular complexity index is 575. The molecule has 5 nitrogen and oxygen atoms in total. The Labute approximate surface area is 119 Å². The Morgan fingerprint density at radius 1 is 1.21 bits per heavy atom. The predicted molar refractivity (Wildman–Crippen MR) is 72.6 cm³/mol. The van der Waals surface area contributed by atoms with Gasteiger partial charge in [-0.2, -0.15) is 0 Å². The average Bonchev–Trinajstić information content (AvgIpc) is 2.38. The smallest absolute Gasteiger partial charge is 0.263 e. The Hall–Kier alpha value is -1.85. The van der Waals surface area contributed by atoms with Crippen LogP contribution in [0.3, 0.4) is 0 Å².